The maximum atomic E-state index is 12.6. The average molecular weight is 315 g/mol. The maximum absolute atomic E-state index is 12.6. The van der Waals surface area contributed by atoms with E-state index in [9.17, 15) is 8.42 Å². The third-order valence-corrected chi connectivity index (χ3v) is 5.88. The van der Waals surface area contributed by atoms with Gasteiger partial charge in [0.05, 0.1) is 4.90 Å². The summed E-state index contributed by atoms with van der Waals surface area (Å²) < 4.78 is 30.0. The van der Waals surface area contributed by atoms with E-state index in [4.69, 9.17) is 0 Å². The molecule has 0 saturated heterocycles. The lowest BCUT2D eigenvalue weighted by Crippen LogP contribution is -2.46. The number of rotatable bonds is 9. The zero-order chi connectivity index (χ0) is 16.1. The lowest BCUT2D eigenvalue weighted by Gasteiger charge is -2.31. The summed E-state index contributed by atoms with van der Waals surface area (Å²) in [7, 11) is -1.61. The number of nitrogens with zero attached hydrogens (tertiary/aromatic N) is 1. The van der Waals surface area contributed by atoms with Crippen LogP contribution in [0.1, 0.15) is 52.7 Å². The first-order valence-corrected chi connectivity index (χ1v) is 9.22. The number of aryl methyl sites for hydroxylation is 1. The molecule has 0 amide bonds. The van der Waals surface area contributed by atoms with Crippen molar-refractivity contribution in [2.24, 2.45) is 7.05 Å². The Hall–Kier alpha value is -0.850. The first kappa shape index (κ1) is 18.2. The molecule has 0 aliphatic heterocycles. The smallest absolute Gasteiger partial charge is 0.242 e. The van der Waals surface area contributed by atoms with Crippen LogP contribution in [-0.2, 0) is 23.6 Å². The second kappa shape index (κ2) is 7.42. The molecule has 0 radical (unpaired) electrons. The Bertz CT molecular complexity index is 537. The van der Waals surface area contributed by atoms with Gasteiger partial charge in [0.2, 0.25) is 10.0 Å². The van der Waals surface area contributed by atoms with Gasteiger partial charge in [0, 0.05) is 31.0 Å². The predicted octanol–water partition coefficient (Wildman–Crippen LogP) is 2.38. The molecule has 0 aromatic carbocycles. The molecule has 5 nitrogen and oxygen atoms in total. The molecule has 0 aliphatic carbocycles. The van der Waals surface area contributed by atoms with E-state index in [2.05, 4.69) is 10.0 Å². The first-order valence-electron chi connectivity index (χ1n) is 7.74. The summed E-state index contributed by atoms with van der Waals surface area (Å²) in [5.74, 6) is 0. The average Bonchev–Trinajstić information content (AvgIpc) is 2.85. The minimum Gasteiger partial charge on any atom is -0.352 e. The fourth-order valence-corrected chi connectivity index (χ4v) is 4.17. The Morgan fingerprint density at radius 3 is 2.19 bits per heavy atom. The Kier molecular flexibility index (Phi) is 6.43. The minimum absolute atomic E-state index is 0.345. The van der Waals surface area contributed by atoms with Crippen molar-refractivity contribution in [2.75, 3.05) is 6.54 Å². The lowest BCUT2D eigenvalue weighted by molar-refractivity contribution is 0.341. The third-order valence-electron chi connectivity index (χ3n) is 4.33. The fourth-order valence-electron chi connectivity index (χ4n) is 2.46. The second-order valence-electron chi connectivity index (χ2n) is 5.50. The SMILES string of the molecule is CCNCc1cc(S(=O)(=O)NC(CC)(CC)CC)cn1C. The van der Waals surface area contributed by atoms with Gasteiger partial charge in [-0.15, -0.1) is 0 Å². The molecule has 0 aliphatic rings. The van der Waals surface area contributed by atoms with Crippen LogP contribution in [0.2, 0.25) is 0 Å². The molecule has 0 bridgehead atoms. The predicted molar refractivity (Wildman–Crippen MR) is 86.7 cm³/mol. The van der Waals surface area contributed by atoms with Crippen LogP contribution in [0.3, 0.4) is 0 Å². The number of nitrogens with one attached hydrogen (secondary N) is 2. The summed E-state index contributed by atoms with van der Waals surface area (Å²) >= 11 is 0. The van der Waals surface area contributed by atoms with Gasteiger partial charge < -0.3 is 9.88 Å². The van der Waals surface area contributed by atoms with Gasteiger partial charge in [-0.3, -0.25) is 0 Å². The summed E-state index contributed by atoms with van der Waals surface area (Å²) in [6.07, 6.45) is 4.05. The van der Waals surface area contributed by atoms with E-state index in [0.717, 1.165) is 31.5 Å². The van der Waals surface area contributed by atoms with Crippen LogP contribution in [0.4, 0.5) is 0 Å². The van der Waals surface area contributed by atoms with Crippen LogP contribution in [0.25, 0.3) is 0 Å². The zero-order valence-corrected chi connectivity index (χ0v) is 14.7. The Morgan fingerprint density at radius 2 is 1.71 bits per heavy atom. The number of sulfonamides is 1. The summed E-state index contributed by atoms with van der Waals surface area (Å²) in [4.78, 5) is 0.345. The molecule has 0 unspecified atom stereocenters. The molecule has 6 heteroatoms. The summed E-state index contributed by atoms with van der Waals surface area (Å²) in [5, 5.41) is 3.22. The Labute approximate surface area is 129 Å². The molecule has 0 atom stereocenters. The van der Waals surface area contributed by atoms with Crippen molar-refractivity contribution in [1.29, 1.82) is 0 Å². The van der Waals surface area contributed by atoms with Gasteiger partial charge in [-0.1, -0.05) is 27.7 Å². The van der Waals surface area contributed by atoms with E-state index in [1.54, 1.807) is 12.3 Å². The van der Waals surface area contributed by atoms with E-state index < -0.39 is 10.0 Å². The highest BCUT2D eigenvalue weighted by molar-refractivity contribution is 7.89. The molecule has 1 rings (SSSR count). The molecule has 0 fully saturated rings. The van der Waals surface area contributed by atoms with Crippen molar-refractivity contribution < 1.29 is 8.42 Å². The molecule has 1 aromatic rings. The fraction of sp³-hybridized carbons (Fsp3) is 0.733. The van der Waals surface area contributed by atoms with E-state index in [1.165, 1.54) is 0 Å². The summed E-state index contributed by atoms with van der Waals surface area (Å²) in [5.41, 5.74) is 0.614. The lowest BCUT2D eigenvalue weighted by atomic mass is 9.91. The van der Waals surface area contributed by atoms with Gasteiger partial charge >= 0.3 is 0 Å². The highest BCUT2D eigenvalue weighted by Gasteiger charge is 2.31. The van der Waals surface area contributed by atoms with Crippen molar-refractivity contribution in [2.45, 2.75) is 63.9 Å². The normalized spacial score (nSPS) is 12.8. The van der Waals surface area contributed by atoms with Crippen molar-refractivity contribution in [3.63, 3.8) is 0 Å². The third kappa shape index (κ3) is 4.31. The van der Waals surface area contributed by atoms with Crippen LogP contribution in [0, 0.1) is 0 Å². The van der Waals surface area contributed by atoms with Crippen molar-refractivity contribution in [1.82, 2.24) is 14.6 Å². The topological polar surface area (TPSA) is 63.1 Å². The molecular weight excluding hydrogens is 286 g/mol. The van der Waals surface area contributed by atoms with Crippen LogP contribution < -0.4 is 10.0 Å². The minimum atomic E-state index is -3.48. The van der Waals surface area contributed by atoms with Gasteiger partial charge in [0.15, 0.2) is 0 Å². The van der Waals surface area contributed by atoms with Gasteiger partial charge in [-0.2, -0.15) is 0 Å². The highest BCUT2D eigenvalue weighted by atomic mass is 32.2. The van der Waals surface area contributed by atoms with Crippen molar-refractivity contribution in [3.05, 3.63) is 18.0 Å². The highest BCUT2D eigenvalue weighted by Crippen LogP contribution is 2.23. The van der Waals surface area contributed by atoms with E-state index in [1.807, 2.05) is 39.3 Å². The zero-order valence-electron chi connectivity index (χ0n) is 13.9. The Morgan fingerprint density at radius 1 is 1.14 bits per heavy atom. The van der Waals surface area contributed by atoms with Gasteiger partial charge in [0.1, 0.15) is 0 Å². The monoisotopic (exact) mass is 315 g/mol. The summed E-state index contributed by atoms with van der Waals surface area (Å²) in [6, 6.07) is 1.75. The molecule has 1 aromatic heterocycles. The second-order valence-corrected chi connectivity index (χ2v) is 7.19. The number of hydrogen-bond donors (Lipinski definition) is 2. The molecule has 21 heavy (non-hydrogen) atoms. The molecule has 122 valence electrons. The van der Waals surface area contributed by atoms with Crippen molar-refractivity contribution in [3.8, 4) is 0 Å². The van der Waals surface area contributed by atoms with E-state index in [-0.39, 0.29) is 5.54 Å². The number of hydrogen-bond acceptors (Lipinski definition) is 3. The number of aromatic nitrogens is 1. The molecule has 1 heterocycles. The van der Waals surface area contributed by atoms with E-state index >= 15 is 0 Å². The van der Waals surface area contributed by atoms with Crippen LogP contribution in [0.15, 0.2) is 17.2 Å². The van der Waals surface area contributed by atoms with Crippen molar-refractivity contribution >= 4 is 10.0 Å². The molecule has 0 spiro atoms. The largest absolute Gasteiger partial charge is 0.352 e. The van der Waals surface area contributed by atoms with E-state index in [0.29, 0.717) is 11.4 Å². The maximum Gasteiger partial charge on any atom is 0.242 e. The molecular formula is C15H29N3O2S. The van der Waals surface area contributed by atoms with Gasteiger partial charge in [-0.05, 0) is 31.9 Å². The van der Waals surface area contributed by atoms with Crippen LogP contribution in [-0.4, -0.2) is 25.1 Å². The van der Waals surface area contributed by atoms with Gasteiger partial charge in [0.25, 0.3) is 0 Å². The first-order chi connectivity index (χ1) is 9.84. The van der Waals surface area contributed by atoms with Gasteiger partial charge in [-0.25, -0.2) is 13.1 Å². The standard InChI is InChI=1S/C15H29N3O2S/c1-6-15(7-2,8-3)17-21(19,20)14-10-13(11-16-9-4)18(5)12-14/h10,12,16-17H,6-9,11H2,1-5H3. The molecule has 2 N–H and O–H groups in total. The molecule has 0 saturated carbocycles. The summed E-state index contributed by atoms with van der Waals surface area (Å²) in [6.45, 7) is 9.63. The Balaban J connectivity index is 3.03. The quantitative estimate of drug-likeness (QED) is 0.735. The van der Waals surface area contributed by atoms with Crippen LogP contribution >= 0.6 is 0 Å². The van der Waals surface area contributed by atoms with Crippen LogP contribution in [0.5, 0.6) is 0 Å².